The fourth-order valence-electron chi connectivity index (χ4n) is 3.37. The zero-order valence-electron chi connectivity index (χ0n) is 15.8. The van der Waals surface area contributed by atoms with Gasteiger partial charge in [-0.05, 0) is 25.5 Å². The van der Waals surface area contributed by atoms with E-state index >= 15 is 0 Å². The van der Waals surface area contributed by atoms with E-state index in [2.05, 4.69) is 10.3 Å². The normalized spacial score (nSPS) is 12.1. The van der Waals surface area contributed by atoms with Crippen molar-refractivity contribution in [2.45, 2.75) is 13.8 Å². The number of para-hydroxylation sites is 1. The van der Waals surface area contributed by atoms with Crippen LogP contribution < -0.4 is 10.2 Å². The Labute approximate surface area is 159 Å². The summed E-state index contributed by atoms with van der Waals surface area (Å²) < 4.78 is 0. The first kappa shape index (κ1) is 18.9. The Balaban J connectivity index is 1.95. The molecule has 0 saturated heterocycles. The molecule has 1 amide bonds. The highest BCUT2D eigenvalue weighted by molar-refractivity contribution is 6.13. The number of hydrogen-bond donors (Lipinski definition) is 3. The summed E-state index contributed by atoms with van der Waals surface area (Å²) in [6.07, 6.45) is 0. The minimum absolute atomic E-state index is 0.0237. The van der Waals surface area contributed by atoms with Gasteiger partial charge in [0.15, 0.2) is 6.54 Å². The van der Waals surface area contributed by atoms with Crippen molar-refractivity contribution in [3.63, 3.8) is 0 Å². The summed E-state index contributed by atoms with van der Waals surface area (Å²) in [7, 11) is 0. The average Bonchev–Trinajstić information content (AvgIpc) is 3.08. The molecule has 0 bridgehead atoms. The molecule has 5 heteroatoms. The molecule has 0 aliphatic heterocycles. The Morgan fingerprint density at radius 1 is 0.963 bits per heavy atom. The van der Waals surface area contributed by atoms with Gasteiger partial charge in [-0.1, -0.05) is 48.5 Å². The number of amides is 1. The van der Waals surface area contributed by atoms with E-state index in [0.717, 1.165) is 27.1 Å². The van der Waals surface area contributed by atoms with Crippen LogP contribution in [0.2, 0.25) is 0 Å². The van der Waals surface area contributed by atoms with Gasteiger partial charge in [-0.15, -0.1) is 0 Å². The second-order valence-corrected chi connectivity index (χ2v) is 6.62. The number of fused-ring (bicyclic) bond motifs is 1. The smallest absolute Gasteiger partial charge is 0.275 e. The van der Waals surface area contributed by atoms with Gasteiger partial charge in [0.2, 0.25) is 5.78 Å². The molecule has 1 unspecified atom stereocenters. The molecule has 0 aliphatic carbocycles. The summed E-state index contributed by atoms with van der Waals surface area (Å²) in [5.74, 6) is 0.0248. The van der Waals surface area contributed by atoms with Crippen molar-refractivity contribution in [1.29, 1.82) is 0 Å². The molecule has 0 spiro atoms. The van der Waals surface area contributed by atoms with E-state index in [1.165, 1.54) is 0 Å². The highest BCUT2D eigenvalue weighted by Crippen LogP contribution is 2.30. The Kier molecular flexibility index (Phi) is 6.04. The molecular weight excluding hydrogens is 338 g/mol. The Morgan fingerprint density at radius 2 is 1.67 bits per heavy atom. The number of quaternary nitrogens is 1. The minimum Gasteiger partial charge on any atom is -0.354 e. The molecular formula is C22H26N3O2+. The van der Waals surface area contributed by atoms with Gasteiger partial charge in [-0.3, -0.25) is 9.59 Å². The fraction of sp³-hybridized carbons (Fsp3) is 0.273. The number of likely N-dealkylation sites (N-methyl/N-ethyl adjacent to an activating group) is 2. The number of hydrogen-bond acceptors (Lipinski definition) is 2. The maximum Gasteiger partial charge on any atom is 0.275 e. The number of H-pyrrole nitrogens is 1. The summed E-state index contributed by atoms with van der Waals surface area (Å²) in [5, 5.41) is 3.73. The molecule has 0 fully saturated rings. The molecule has 0 aliphatic rings. The molecule has 3 aromatic rings. The van der Waals surface area contributed by atoms with Crippen LogP contribution in [0.3, 0.4) is 0 Å². The van der Waals surface area contributed by atoms with Crippen molar-refractivity contribution < 1.29 is 14.5 Å². The molecule has 1 atom stereocenters. The number of benzene rings is 2. The minimum atomic E-state index is -0.0237. The highest BCUT2D eigenvalue weighted by Gasteiger charge is 2.24. The molecule has 27 heavy (non-hydrogen) atoms. The third-order valence-electron chi connectivity index (χ3n) is 4.74. The predicted molar refractivity (Wildman–Crippen MR) is 108 cm³/mol. The summed E-state index contributed by atoms with van der Waals surface area (Å²) >= 11 is 0. The van der Waals surface area contributed by atoms with Crippen LogP contribution in [0.4, 0.5) is 0 Å². The monoisotopic (exact) mass is 364 g/mol. The van der Waals surface area contributed by atoms with E-state index < -0.39 is 0 Å². The van der Waals surface area contributed by atoms with Crippen LogP contribution in [-0.2, 0) is 4.79 Å². The van der Waals surface area contributed by atoms with Crippen molar-refractivity contribution in [2.24, 2.45) is 0 Å². The van der Waals surface area contributed by atoms with Gasteiger partial charge in [-0.2, -0.15) is 0 Å². The Bertz CT molecular complexity index is 931. The van der Waals surface area contributed by atoms with Gasteiger partial charge in [0, 0.05) is 17.4 Å². The molecule has 5 nitrogen and oxygen atoms in total. The van der Waals surface area contributed by atoms with Gasteiger partial charge in [0.25, 0.3) is 5.91 Å². The van der Waals surface area contributed by atoms with Crippen LogP contribution in [0.5, 0.6) is 0 Å². The summed E-state index contributed by atoms with van der Waals surface area (Å²) in [5.41, 5.74) is 3.48. The van der Waals surface area contributed by atoms with Crippen molar-refractivity contribution in [3.05, 3.63) is 60.2 Å². The van der Waals surface area contributed by atoms with E-state index in [4.69, 9.17) is 0 Å². The number of aromatic nitrogens is 1. The number of aromatic amines is 1. The first-order valence-corrected chi connectivity index (χ1v) is 9.43. The first-order valence-electron chi connectivity index (χ1n) is 9.43. The molecule has 2 aromatic carbocycles. The van der Waals surface area contributed by atoms with Crippen LogP contribution in [0.1, 0.15) is 24.2 Å². The zero-order valence-corrected chi connectivity index (χ0v) is 15.8. The maximum atomic E-state index is 13.3. The lowest BCUT2D eigenvalue weighted by molar-refractivity contribution is -0.881. The zero-order chi connectivity index (χ0) is 19.2. The Morgan fingerprint density at radius 3 is 2.37 bits per heavy atom. The van der Waals surface area contributed by atoms with Crippen LogP contribution in [0.25, 0.3) is 22.2 Å². The standard InChI is InChI=1S/C22H25N3O2/c1-3-23-20(27)15-25(4-2)14-19(26)21-17-12-8-9-13-18(17)24-22(21)16-10-6-5-7-11-16/h5-13,24H,3-4,14-15H2,1-2H3,(H,23,27)/p+1. The third-order valence-corrected chi connectivity index (χ3v) is 4.74. The topological polar surface area (TPSA) is 66.4 Å². The van der Waals surface area contributed by atoms with Gasteiger partial charge in [0.1, 0.15) is 6.54 Å². The molecule has 1 heterocycles. The van der Waals surface area contributed by atoms with Gasteiger partial charge in [-0.25, -0.2) is 0 Å². The SMILES string of the molecule is CCNC(=O)C[NH+](CC)CC(=O)c1c(-c2ccccc2)[nH]c2ccccc12. The van der Waals surface area contributed by atoms with E-state index in [1.807, 2.05) is 68.4 Å². The molecule has 3 N–H and O–H groups in total. The van der Waals surface area contributed by atoms with Gasteiger partial charge in [0.05, 0.1) is 17.8 Å². The second kappa shape index (κ2) is 8.64. The first-order chi connectivity index (χ1) is 13.1. The van der Waals surface area contributed by atoms with Crippen molar-refractivity contribution >= 4 is 22.6 Å². The molecule has 0 radical (unpaired) electrons. The molecule has 3 rings (SSSR count). The van der Waals surface area contributed by atoms with Crippen LogP contribution in [0.15, 0.2) is 54.6 Å². The van der Waals surface area contributed by atoms with E-state index in [9.17, 15) is 9.59 Å². The quantitative estimate of drug-likeness (QED) is 0.536. The van der Waals surface area contributed by atoms with E-state index in [0.29, 0.717) is 25.2 Å². The van der Waals surface area contributed by atoms with E-state index in [1.54, 1.807) is 0 Å². The van der Waals surface area contributed by atoms with Crippen LogP contribution in [0, 0.1) is 0 Å². The maximum absolute atomic E-state index is 13.3. The fourth-order valence-corrected chi connectivity index (χ4v) is 3.37. The predicted octanol–water partition coefficient (Wildman–Crippen LogP) is 2.06. The third kappa shape index (κ3) is 4.26. The molecule has 1 aromatic heterocycles. The lowest BCUT2D eigenvalue weighted by Crippen LogP contribution is -3.13. The van der Waals surface area contributed by atoms with E-state index in [-0.39, 0.29) is 18.2 Å². The highest BCUT2D eigenvalue weighted by atomic mass is 16.2. The lowest BCUT2D eigenvalue weighted by atomic mass is 10.0. The number of ketones is 1. The lowest BCUT2D eigenvalue weighted by Gasteiger charge is -2.16. The van der Waals surface area contributed by atoms with Crippen molar-refractivity contribution in [1.82, 2.24) is 10.3 Å². The number of carbonyl (C=O) groups is 2. The van der Waals surface area contributed by atoms with Crippen molar-refractivity contribution in [3.8, 4) is 11.3 Å². The summed E-state index contributed by atoms with van der Waals surface area (Å²) in [4.78, 5) is 29.5. The van der Waals surface area contributed by atoms with Gasteiger partial charge >= 0.3 is 0 Å². The van der Waals surface area contributed by atoms with Crippen LogP contribution in [-0.4, -0.2) is 42.9 Å². The summed E-state index contributed by atoms with van der Waals surface area (Å²) in [6, 6.07) is 17.8. The van der Waals surface area contributed by atoms with Crippen molar-refractivity contribution in [2.75, 3.05) is 26.2 Å². The number of rotatable bonds is 8. The number of Topliss-reactive ketones (excluding diaryl/α,β-unsaturated/α-hetero) is 1. The molecule has 0 saturated carbocycles. The number of carbonyl (C=O) groups excluding carboxylic acids is 2. The number of nitrogens with one attached hydrogen (secondary N) is 3. The molecule has 140 valence electrons. The Hall–Kier alpha value is -2.92. The second-order valence-electron chi connectivity index (χ2n) is 6.62. The van der Waals surface area contributed by atoms with Crippen LogP contribution >= 0.6 is 0 Å². The largest absolute Gasteiger partial charge is 0.354 e. The van der Waals surface area contributed by atoms with Gasteiger partial charge < -0.3 is 15.2 Å². The summed E-state index contributed by atoms with van der Waals surface area (Å²) in [6.45, 7) is 5.80. The average molecular weight is 364 g/mol.